The number of benzene rings is 3. The van der Waals surface area contributed by atoms with Gasteiger partial charge in [0.05, 0.1) is 28.1 Å². The molecule has 18 nitrogen and oxygen atoms in total. The number of oxime groups is 1. The summed E-state index contributed by atoms with van der Waals surface area (Å²) in [6.45, 7) is 1.84. The lowest BCUT2D eigenvalue weighted by Gasteiger charge is -2.18. The van der Waals surface area contributed by atoms with Crippen LogP contribution in [0.2, 0.25) is 0 Å². The van der Waals surface area contributed by atoms with Crippen LogP contribution >= 0.6 is 0 Å². The predicted octanol–water partition coefficient (Wildman–Crippen LogP) is 5.04. The minimum atomic E-state index is -3.77. The summed E-state index contributed by atoms with van der Waals surface area (Å²) in [4.78, 5) is 50.0. The normalized spacial score (nSPS) is 20.5. The van der Waals surface area contributed by atoms with E-state index in [1.807, 2.05) is 6.92 Å². The van der Waals surface area contributed by atoms with Crippen molar-refractivity contribution in [2.45, 2.75) is 31.5 Å². The number of ether oxygens (including phenoxy) is 2. The Morgan fingerprint density at radius 2 is 1.73 bits per heavy atom. The number of aromatic nitrogens is 5. The zero-order valence-electron chi connectivity index (χ0n) is 30.8. The number of amides is 3. The first-order valence-corrected chi connectivity index (χ1v) is 18.2. The van der Waals surface area contributed by atoms with Crippen LogP contribution in [0.15, 0.2) is 124 Å². The largest absolute Gasteiger partial charge is 0.586 e. The molecule has 0 atom stereocenters. The van der Waals surface area contributed by atoms with Gasteiger partial charge in [0, 0.05) is 23.3 Å². The van der Waals surface area contributed by atoms with E-state index < -0.39 is 29.3 Å². The van der Waals surface area contributed by atoms with Gasteiger partial charge in [-0.15, -0.1) is 13.6 Å². The molecule has 5 aliphatic rings. The number of hydrogen-bond donors (Lipinski definition) is 4. The molecule has 5 heterocycles. The summed E-state index contributed by atoms with van der Waals surface area (Å²) in [5, 5.41) is 20.4. The zero-order chi connectivity index (χ0) is 41.3. The predicted molar refractivity (Wildman–Crippen MR) is 204 cm³/mol. The number of halogens is 3. The van der Waals surface area contributed by atoms with Gasteiger partial charge in [0.15, 0.2) is 17.3 Å². The Morgan fingerprint density at radius 1 is 0.950 bits per heavy atom. The van der Waals surface area contributed by atoms with E-state index >= 15 is 4.39 Å². The Hall–Kier alpha value is -8.23. The van der Waals surface area contributed by atoms with E-state index in [4.69, 9.17) is 9.82 Å². The number of carbonyl (C=O) groups excluding carboxylic acids is 2. The third-order valence-electron chi connectivity index (χ3n) is 10.2. The van der Waals surface area contributed by atoms with Gasteiger partial charge in [-0.2, -0.15) is 4.68 Å². The van der Waals surface area contributed by atoms with Gasteiger partial charge in [-0.3, -0.25) is 9.59 Å². The summed E-state index contributed by atoms with van der Waals surface area (Å²) < 4.78 is 53.0. The van der Waals surface area contributed by atoms with E-state index in [0.29, 0.717) is 46.6 Å². The second-order valence-electron chi connectivity index (χ2n) is 14.0. The Balaban J connectivity index is 0.833. The lowest BCUT2D eigenvalue weighted by Crippen LogP contribution is -2.29. The molecule has 1 saturated heterocycles. The highest BCUT2D eigenvalue weighted by Crippen LogP contribution is 2.52. The number of hydrazine groups is 1. The van der Waals surface area contributed by atoms with Gasteiger partial charge in [-0.05, 0) is 89.9 Å². The van der Waals surface area contributed by atoms with E-state index in [9.17, 15) is 23.2 Å². The fourth-order valence-corrected chi connectivity index (χ4v) is 6.96. The van der Waals surface area contributed by atoms with Gasteiger partial charge in [-0.25, -0.2) is 29.7 Å². The van der Waals surface area contributed by atoms with Crippen molar-refractivity contribution < 1.29 is 41.9 Å². The number of allylic oxidation sites excluding steroid dienone is 5. The van der Waals surface area contributed by atoms with Crippen LogP contribution in [0, 0.1) is 6.92 Å². The van der Waals surface area contributed by atoms with Crippen LogP contribution in [0.25, 0.3) is 22.5 Å². The molecule has 3 aliphatic heterocycles. The molecule has 300 valence electrons. The number of nitrogens with one attached hydrogen (secondary N) is 4. The Labute approximate surface area is 334 Å². The maximum Gasteiger partial charge on any atom is 0.586 e. The quantitative estimate of drug-likeness (QED) is 0.161. The summed E-state index contributed by atoms with van der Waals surface area (Å²) >= 11 is 0. The van der Waals surface area contributed by atoms with Crippen molar-refractivity contribution in [2.24, 2.45) is 5.16 Å². The molecule has 21 heteroatoms. The van der Waals surface area contributed by atoms with Crippen molar-refractivity contribution in [1.29, 1.82) is 0 Å². The molecule has 1 saturated carbocycles. The van der Waals surface area contributed by atoms with Crippen molar-refractivity contribution >= 4 is 35.0 Å². The summed E-state index contributed by atoms with van der Waals surface area (Å²) in [6.07, 6.45) is 1.35. The molecule has 10 rings (SSSR count). The number of alkyl halides is 2. The number of fused-ring (bicyclic) bond motifs is 1. The zero-order valence-corrected chi connectivity index (χ0v) is 30.8. The highest BCUT2D eigenvalue weighted by molar-refractivity contribution is 6.05. The topological polar surface area (TPSA) is 207 Å². The third kappa shape index (κ3) is 6.33. The van der Waals surface area contributed by atoms with Crippen LogP contribution in [-0.2, 0) is 15.0 Å². The van der Waals surface area contributed by atoms with Crippen LogP contribution in [0.5, 0.6) is 11.5 Å². The van der Waals surface area contributed by atoms with Gasteiger partial charge in [0.1, 0.15) is 11.6 Å². The number of hydrazone groups is 1. The second-order valence-corrected chi connectivity index (χ2v) is 14.0. The first-order valence-electron chi connectivity index (χ1n) is 18.2. The monoisotopic (exact) mass is 816 g/mol. The van der Waals surface area contributed by atoms with Gasteiger partial charge in [0.2, 0.25) is 17.5 Å². The molecular weight excluding hydrogens is 790 g/mol. The van der Waals surface area contributed by atoms with Crippen molar-refractivity contribution in [3.05, 3.63) is 147 Å². The molecule has 0 unspecified atom stereocenters. The van der Waals surface area contributed by atoms with Crippen LogP contribution in [-0.4, -0.2) is 59.8 Å². The minimum Gasteiger partial charge on any atom is -0.395 e. The molecule has 0 radical (unpaired) electrons. The Bertz CT molecular complexity index is 2910. The van der Waals surface area contributed by atoms with Crippen LogP contribution in [0.1, 0.15) is 29.5 Å². The number of urea groups is 1. The number of aromatic amines is 1. The minimum absolute atomic E-state index is 0.0119. The molecule has 60 heavy (non-hydrogen) atoms. The SMILES string of the molecule is Cc1ccc(NC(=O)C2(c3ccc4c(c3)OC(F)(F)O4)CC2)nc1-c1cccc(N2[N-][N+](=C3C=CC(=C4NC(c5cccc(-n6nn[nH]c6=O)c5)=NO4)C(F)=C3)NC2=O)c1. The standard InChI is InChI=1S/C39H27F3N12O6/c1-20-8-13-31(44-35(55)38(14-15-38)23-9-12-29-30(18-23)59-39(41,42)58-29)43-32(20)21-4-2-7-25(16-21)53-37(57)47-54(51-53)26-10-11-27(28(40)19-26)34-45-33(48-60-34)22-5-3-6-24(17-22)52-36(56)46-49-50-52/h2-13,16-19H,14-15H2,1H3,(H,45,48)(H,43,44,55)(H,46,50,56)(H,47,51,57). The van der Waals surface area contributed by atoms with Crippen molar-refractivity contribution in [3.8, 4) is 28.4 Å². The first kappa shape index (κ1) is 36.1. The number of carbonyl (C=O) groups is 2. The van der Waals surface area contributed by atoms with Gasteiger partial charge in [0.25, 0.3) is 6.03 Å². The van der Waals surface area contributed by atoms with E-state index in [0.717, 1.165) is 26.1 Å². The van der Waals surface area contributed by atoms with E-state index in [-0.39, 0.29) is 46.2 Å². The Kier molecular flexibility index (Phi) is 8.09. The molecule has 3 aromatic carbocycles. The second kappa shape index (κ2) is 13.4. The molecule has 5 aromatic rings. The van der Waals surface area contributed by atoms with E-state index in [1.54, 1.807) is 66.7 Å². The average Bonchev–Trinajstić information content (AvgIpc) is 3.52. The number of rotatable bonds is 7. The number of anilines is 2. The van der Waals surface area contributed by atoms with Crippen LogP contribution < -0.4 is 36.2 Å². The highest BCUT2D eigenvalue weighted by atomic mass is 19.3. The van der Waals surface area contributed by atoms with Crippen molar-refractivity contribution in [1.82, 2.24) is 35.9 Å². The number of nitrogens with zero attached hydrogens (tertiary/aromatic N) is 8. The summed E-state index contributed by atoms with van der Waals surface area (Å²) in [5.74, 6) is -0.767. The maximum absolute atomic E-state index is 15.6. The third-order valence-corrected chi connectivity index (χ3v) is 10.2. The average molecular weight is 817 g/mol. The molecular formula is C39H27F3N12O6. The molecule has 2 aromatic heterocycles. The molecule has 4 N–H and O–H groups in total. The van der Waals surface area contributed by atoms with Gasteiger partial charge < -0.3 is 24.9 Å². The van der Waals surface area contributed by atoms with Crippen LogP contribution in [0.4, 0.5) is 29.5 Å². The summed E-state index contributed by atoms with van der Waals surface area (Å²) in [6, 6.07) is 20.7. The van der Waals surface area contributed by atoms with Crippen LogP contribution in [0.3, 0.4) is 0 Å². The number of amidine groups is 1. The fraction of sp³-hybridized carbons (Fsp3) is 0.128. The number of aryl methyl sites for hydroxylation is 1. The Morgan fingerprint density at radius 3 is 2.52 bits per heavy atom. The summed E-state index contributed by atoms with van der Waals surface area (Å²) in [5.41, 5.74) is 9.47. The summed E-state index contributed by atoms with van der Waals surface area (Å²) in [7, 11) is 0. The van der Waals surface area contributed by atoms with Crippen molar-refractivity contribution in [3.63, 3.8) is 0 Å². The fourth-order valence-electron chi connectivity index (χ4n) is 6.96. The lowest BCUT2D eigenvalue weighted by atomic mass is 9.94. The molecule has 0 spiro atoms. The molecule has 2 fully saturated rings. The van der Waals surface area contributed by atoms with E-state index in [1.165, 1.54) is 24.3 Å². The lowest BCUT2D eigenvalue weighted by molar-refractivity contribution is -0.512. The van der Waals surface area contributed by atoms with E-state index in [2.05, 4.69) is 51.7 Å². The number of hydrogen-bond acceptors (Lipinski definition) is 11. The number of pyridine rings is 1. The molecule has 0 bridgehead atoms. The highest BCUT2D eigenvalue weighted by Gasteiger charge is 2.53. The molecule has 2 aliphatic carbocycles. The number of tetrazole rings is 1. The van der Waals surface area contributed by atoms with Gasteiger partial charge in [-0.1, -0.05) is 47.1 Å². The maximum atomic E-state index is 15.6. The smallest absolute Gasteiger partial charge is 0.395 e. The van der Waals surface area contributed by atoms with Gasteiger partial charge >= 0.3 is 12.0 Å². The number of H-pyrrole nitrogens is 1. The van der Waals surface area contributed by atoms with Crippen molar-refractivity contribution in [2.75, 3.05) is 10.3 Å². The molecule has 3 amide bonds. The first-order chi connectivity index (χ1) is 28.9.